The van der Waals surface area contributed by atoms with E-state index in [9.17, 15) is 9.18 Å². The van der Waals surface area contributed by atoms with Crippen LogP contribution in [-0.4, -0.2) is 16.9 Å². The van der Waals surface area contributed by atoms with Gasteiger partial charge in [0.05, 0.1) is 19.3 Å². The average Bonchev–Trinajstić information content (AvgIpc) is 2.59. The van der Waals surface area contributed by atoms with Gasteiger partial charge < -0.3 is 4.74 Å². The molecular formula is C18H14ClFN2O2. The van der Waals surface area contributed by atoms with Crippen LogP contribution in [0.15, 0.2) is 59.4 Å². The Bertz CT molecular complexity index is 940. The van der Waals surface area contributed by atoms with Crippen molar-refractivity contribution in [2.75, 3.05) is 7.11 Å². The van der Waals surface area contributed by atoms with E-state index in [-0.39, 0.29) is 17.1 Å². The largest absolute Gasteiger partial charge is 0.497 e. The maximum atomic E-state index is 13.1. The molecule has 0 N–H and O–H groups in total. The van der Waals surface area contributed by atoms with Crippen molar-refractivity contribution in [2.24, 2.45) is 0 Å². The number of hydrogen-bond donors (Lipinski definition) is 0. The number of ether oxygens (including phenoxy) is 1. The summed E-state index contributed by atoms with van der Waals surface area (Å²) in [5, 5.41) is 4.63. The monoisotopic (exact) mass is 344 g/mol. The van der Waals surface area contributed by atoms with Gasteiger partial charge in [0.15, 0.2) is 0 Å². The fourth-order valence-corrected chi connectivity index (χ4v) is 2.54. The summed E-state index contributed by atoms with van der Waals surface area (Å²) in [6, 6.07) is 14.6. The van der Waals surface area contributed by atoms with E-state index in [2.05, 4.69) is 5.10 Å². The lowest BCUT2D eigenvalue weighted by molar-refractivity contribution is 0.415. The molecule has 0 fully saturated rings. The molecule has 1 heterocycles. The Labute approximate surface area is 143 Å². The van der Waals surface area contributed by atoms with Crippen molar-refractivity contribution in [3.63, 3.8) is 0 Å². The van der Waals surface area contributed by atoms with Crippen molar-refractivity contribution in [3.8, 4) is 17.0 Å². The summed E-state index contributed by atoms with van der Waals surface area (Å²) in [4.78, 5) is 12.1. The first-order valence-electron chi connectivity index (χ1n) is 7.23. The zero-order valence-corrected chi connectivity index (χ0v) is 13.6. The molecule has 0 amide bonds. The number of halogens is 2. The molecule has 0 atom stereocenters. The van der Waals surface area contributed by atoms with E-state index in [0.29, 0.717) is 17.0 Å². The molecule has 0 aliphatic rings. The van der Waals surface area contributed by atoms with Crippen LogP contribution in [0.25, 0.3) is 11.3 Å². The molecule has 4 nitrogen and oxygen atoms in total. The molecule has 0 saturated heterocycles. The summed E-state index contributed by atoms with van der Waals surface area (Å²) in [7, 11) is 1.59. The molecule has 0 aliphatic heterocycles. The van der Waals surface area contributed by atoms with Crippen LogP contribution in [0.1, 0.15) is 5.56 Å². The van der Waals surface area contributed by atoms with E-state index >= 15 is 0 Å². The van der Waals surface area contributed by atoms with Gasteiger partial charge in [-0.25, -0.2) is 9.07 Å². The van der Waals surface area contributed by atoms with Crippen LogP contribution in [0.5, 0.6) is 5.75 Å². The van der Waals surface area contributed by atoms with Crippen molar-refractivity contribution in [1.82, 2.24) is 9.78 Å². The van der Waals surface area contributed by atoms with Crippen LogP contribution < -0.4 is 10.3 Å². The lowest BCUT2D eigenvalue weighted by Gasteiger charge is -2.09. The van der Waals surface area contributed by atoms with E-state index in [1.165, 1.54) is 22.9 Å². The van der Waals surface area contributed by atoms with E-state index in [1.807, 2.05) is 24.3 Å². The number of aromatic nitrogens is 2. The first kappa shape index (κ1) is 16.2. The van der Waals surface area contributed by atoms with Crippen molar-refractivity contribution < 1.29 is 9.13 Å². The average molecular weight is 345 g/mol. The molecule has 1 aromatic heterocycles. The maximum absolute atomic E-state index is 13.1. The fourth-order valence-electron chi connectivity index (χ4n) is 2.31. The Kier molecular flexibility index (Phi) is 4.62. The summed E-state index contributed by atoms with van der Waals surface area (Å²) >= 11 is 6.03. The molecule has 3 rings (SSSR count). The summed E-state index contributed by atoms with van der Waals surface area (Å²) < 4.78 is 19.6. The van der Waals surface area contributed by atoms with Gasteiger partial charge in [0.1, 0.15) is 11.6 Å². The lowest BCUT2D eigenvalue weighted by Crippen LogP contribution is -2.23. The van der Waals surface area contributed by atoms with Crippen molar-refractivity contribution in [2.45, 2.75) is 6.54 Å². The van der Waals surface area contributed by atoms with Crippen molar-refractivity contribution >= 4 is 11.6 Å². The second-order valence-electron chi connectivity index (χ2n) is 5.18. The highest BCUT2D eigenvalue weighted by Gasteiger charge is 2.08. The van der Waals surface area contributed by atoms with Crippen molar-refractivity contribution in [1.29, 1.82) is 0 Å². The lowest BCUT2D eigenvalue weighted by atomic mass is 10.1. The second-order valence-corrected chi connectivity index (χ2v) is 5.59. The number of rotatable bonds is 4. The number of methoxy groups -OCH3 is 1. The maximum Gasteiger partial charge on any atom is 0.267 e. The number of benzene rings is 2. The molecule has 122 valence electrons. The van der Waals surface area contributed by atoms with Crippen LogP contribution in [-0.2, 0) is 6.54 Å². The normalized spacial score (nSPS) is 10.6. The van der Waals surface area contributed by atoms with Gasteiger partial charge in [0.2, 0.25) is 0 Å². The quantitative estimate of drug-likeness (QED) is 0.724. The molecule has 0 radical (unpaired) electrons. The Morgan fingerprint density at radius 2 is 2.00 bits per heavy atom. The second kappa shape index (κ2) is 6.84. The minimum atomic E-state index is -0.422. The molecule has 0 unspecified atom stereocenters. The Balaban J connectivity index is 1.98. The molecular weight excluding hydrogens is 331 g/mol. The highest BCUT2D eigenvalue weighted by molar-refractivity contribution is 6.31. The standard InChI is InChI=1S/C18H14ClFN2O2/c1-24-15-4-2-3-12(9-15)17-7-8-18(23)22(21-17)11-13-5-6-14(20)10-16(13)19/h2-10H,11H2,1H3. The van der Waals surface area contributed by atoms with E-state index in [1.54, 1.807) is 19.2 Å². The number of hydrogen-bond acceptors (Lipinski definition) is 3. The third kappa shape index (κ3) is 3.46. The van der Waals surface area contributed by atoms with Gasteiger partial charge >= 0.3 is 0 Å². The smallest absolute Gasteiger partial charge is 0.267 e. The van der Waals surface area contributed by atoms with Gasteiger partial charge in [-0.05, 0) is 35.9 Å². The van der Waals surface area contributed by atoms with Gasteiger partial charge in [-0.2, -0.15) is 5.10 Å². The molecule has 6 heteroatoms. The minimum Gasteiger partial charge on any atom is -0.497 e. The van der Waals surface area contributed by atoms with E-state index in [0.717, 1.165) is 5.56 Å². The van der Waals surface area contributed by atoms with Crippen LogP contribution in [0.3, 0.4) is 0 Å². The van der Waals surface area contributed by atoms with Gasteiger partial charge in [-0.15, -0.1) is 0 Å². The minimum absolute atomic E-state index is 0.162. The van der Waals surface area contributed by atoms with Gasteiger partial charge in [0, 0.05) is 16.7 Å². The zero-order chi connectivity index (χ0) is 17.1. The molecule has 0 saturated carbocycles. The van der Waals surface area contributed by atoms with Gasteiger partial charge in [-0.3, -0.25) is 4.79 Å². The van der Waals surface area contributed by atoms with Crippen LogP contribution in [0, 0.1) is 5.82 Å². The van der Waals surface area contributed by atoms with Gasteiger partial charge in [-0.1, -0.05) is 29.8 Å². The predicted molar refractivity (Wildman–Crippen MR) is 91.0 cm³/mol. The van der Waals surface area contributed by atoms with E-state index in [4.69, 9.17) is 16.3 Å². The Hall–Kier alpha value is -2.66. The first-order valence-corrected chi connectivity index (χ1v) is 7.61. The molecule has 2 aromatic carbocycles. The summed E-state index contributed by atoms with van der Waals surface area (Å²) in [6.45, 7) is 0.162. The third-order valence-electron chi connectivity index (χ3n) is 3.57. The Morgan fingerprint density at radius 1 is 1.17 bits per heavy atom. The highest BCUT2D eigenvalue weighted by atomic mass is 35.5. The predicted octanol–water partition coefficient (Wildman–Crippen LogP) is 3.76. The SMILES string of the molecule is COc1cccc(-c2ccc(=O)n(Cc3ccc(F)cc3Cl)n2)c1. The summed E-state index contributed by atoms with van der Waals surface area (Å²) in [5.74, 6) is 0.280. The summed E-state index contributed by atoms with van der Waals surface area (Å²) in [5.41, 5.74) is 1.82. The van der Waals surface area contributed by atoms with Crippen LogP contribution >= 0.6 is 11.6 Å². The first-order chi connectivity index (χ1) is 11.6. The molecule has 0 spiro atoms. The molecule has 0 bridgehead atoms. The molecule has 3 aromatic rings. The third-order valence-corrected chi connectivity index (χ3v) is 3.92. The highest BCUT2D eigenvalue weighted by Crippen LogP contribution is 2.22. The van der Waals surface area contributed by atoms with E-state index < -0.39 is 5.82 Å². The van der Waals surface area contributed by atoms with Crippen LogP contribution in [0.4, 0.5) is 4.39 Å². The van der Waals surface area contributed by atoms with Crippen molar-refractivity contribution in [3.05, 3.63) is 81.4 Å². The Morgan fingerprint density at radius 3 is 2.75 bits per heavy atom. The molecule has 0 aliphatic carbocycles. The zero-order valence-electron chi connectivity index (χ0n) is 12.9. The number of nitrogens with zero attached hydrogens (tertiary/aromatic N) is 2. The summed E-state index contributed by atoms with van der Waals surface area (Å²) in [6.07, 6.45) is 0. The topological polar surface area (TPSA) is 44.1 Å². The van der Waals surface area contributed by atoms with Crippen LogP contribution in [0.2, 0.25) is 5.02 Å². The fraction of sp³-hybridized carbons (Fsp3) is 0.111. The molecule has 24 heavy (non-hydrogen) atoms. The van der Waals surface area contributed by atoms with Gasteiger partial charge in [0.25, 0.3) is 5.56 Å².